The van der Waals surface area contributed by atoms with Crippen LogP contribution in [-0.2, 0) is 22.3 Å². The van der Waals surface area contributed by atoms with Crippen LogP contribution in [0.1, 0.15) is 91.9 Å². The van der Waals surface area contributed by atoms with E-state index in [2.05, 4.69) is 20.4 Å². The molecule has 0 unspecified atom stereocenters. The summed E-state index contributed by atoms with van der Waals surface area (Å²) in [6.45, 7) is 6.90. The smallest absolute Gasteiger partial charge is 0.410 e. The summed E-state index contributed by atoms with van der Waals surface area (Å²) >= 11 is 0. The predicted molar refractivity (Wildman–Crippen MR) is 236 cm³/mol. The van der Waals surface area contributed by atoms with Gasteiger partial charge in [0.25, 0.3) is 11.8 Å². The first-order valence-corrected chi connectivity index (χ1v) is 22.7. The molecule has 0 spiro atoms. The Morgan fingerprint density at radius 2 is 0.906 bits per heavy atom. The van der Waals surface area contributed by atoms with Crippen LogP contribution in [0.3, 0.4) is 0 Å². The summed E-state index contributed by atoms with van der Waals surface area (Å²) in [5.41, 5.74) is 6.76. The SMILES string of the molecule is CNC(=O)c1ccc2c(c1)CCN(C(=O)O[C@@H]1CN3CCC1CC3)[C@@H]2c1ccc(F)cc1.CNC(=O)c1ccc2c(c1)CCN(C(=O)O[C@@H]1CN3CCC1CC3)[C@H]2c1ccc(F)cc1. The number of hydrogen-bond acceptors (Lipinski definition) is 8. The zero-order valence-corrected chi connectivity index (χ0v) is 36.4. The highest BCUT2D eigenvalue weighted by Crippen LogP contribution is 2.40. The zero-order chi connectivity index (χ0) is 44.5. The maximum atomic E-state index is 13.6. The fourth-order valence-electron chi connectivity index (χ4n) is 10.7. The molecule has 0 aliphatic carbocycles. The lowest BCUT2D eigenvalue weighted by Crippen LogP contribution is -2.53. The number of piperidine rings is 6. The maximum absolute atomic E-state index is 13.6. The molecule has 14 heteroatoms. The minimum Gasteiger partial charge on any atom is -0.444 e. The van der Waals surface area contributed by atoms with Crippen molar-refractivity contribution in [3.8, 4) is 0 Å². The van der Waals surface area contributed by atoms with Gasteiger partial charge in [-0.1, -0.05) is 36.4 Å². The van der Waals surface area contributed by atoms with E-state index in [4.69, 9.17) is 9.47 Å². The maximum Gasteiger partial charge on any atom is 0.410 e. The summed E-state index contributed by atoms with van der Waals surface area (Å²) in [6, 6.07) is 22.9. The zero-order valence-electron chi connectivity index (χ0n) is 36.4. The lowest BCUT2D eigenvalue weighted by atomic mass is 9.85. The first kappa shape index (κ1) is 43.4. The van der Waals surface area contributed by atoms with Crippen LogP contribution < -0.4 is 10.6 Å². The van der Waals surface area contributed by atoms with Gasteiger partial charge in [-0.2, -0.15) is 0 Å². The summed E-state index contributed by atoms with van der Waals surface area (Å²) in [4.78, 5) is 59.2. The monoisotopic (exact) mass is 874 g/mol. The van der Waals surface area contributed by atoms with E-state index in [1.165, 1.54) is 24.3 Å². The molecule has 4 bridgehead atoms. The van der Waals surface area contributed by atoms with Crippen LogP contribution >= 0.6 is 0 Å². The summed E-state index contributed by atoms with van der Waals surface area (Å²) in [5.74, 6) is -0.0613. The average Bonchev–Trinajstić information content (AvgIpc) is 3.34. The first-order valence-electron chi connectivity index (χ1n) is 22.7. The Morgan fingerprint density at radius 3 is 1.23 bits per heavy atom. The summed E-state index contributed by atoms with van der Waals surface area (Å²) in [7, 11) is 3.21. The molecule has 4 aromatic rings. The molecule has 8 heterocycles. The number of rotatable bonds is 6. The Bertz CT molecular complexity index is 2200. The molecule has 0 aromatic heterocycles. The van der Waals surface area contributed by atoms with Gasteiger partial charge in [0.15, 0.2) is 0 Å². The first-order chi connectivity index (χ1) is 31.1. The van der Waals surface area contributed by atoms with Gasteiger partial charge in [0, 0.05) is 51.4 Å². The Labute approximate surface area is 372 Å². The normalized spacial score (nSPS) is 26.4. The van der Waals surface area contributed by atoms with Gasteiger partial charge < -0.3 is 20.1 Å². The van der Waals surface area contributed by atoms with E-state index >= 15 is 0 Å². The predicted octanol–water partition coefficient (Wildman–Crippen LogP) is 6.73. The number of benzene rings is 4. The van der Waals surface area contributed by atoms with Crippen molar-refractivity contribution in [2.24, 2.45) is 11.8 Å². The van der Waals surface area contributed by atoms with Gasteiger partial charge >= 0.3 is 12.2 Å². The molecule has 0 radical (unpaired) electrons. The number of fused-ring (bicyclic) bond motifs is 8. The number of nitrogens with one attached hydrogen (secondary N) is 2. The average molecular weight is 875 g/mol. The molecule has 6 saturated heterocycles. The lowest BCUT2D eigenvalue weighted by Gasteiger charge is -2.45. The lowest BCUT2D eigenvalue weighted by molar-refractivity contribution is -0.0465. The van der Waals surface area contributed by atoms with Gasteiger partial charge in [0.1, 0.15) is 23.8 Å². The summed E-state index contributed by atoms with van der Waals surface area (Å²) in [6.07, 6.45) is 4.77. The second-order valence-corrected chi connectivity index (χ2v) is 17.9. The second kappa shape index (κ2) is 18.7. The fourth-order valence-corrected chi connectivity index (χ4v) is 10.7. The third kappa shape index (κ3) is 8.94. The summed E-state index contributed by atoms with van der Waals surface area (Å²) < 4.78 is 39.3. The molecule has 0 saturated carbocycles. The van der Waals surface area contributed by atoms with E-state index in [-0.39, 0.29) is 59.9 Å². The molecule has 336 valence electrons. The van der Waals surface area contributed by atoms with Crippen LogP contribution in [0.15, 0.2) is 84.9 Å². The van der Waals surface area contributed by atoms with Gasteiger partial charge in [0.2, 0.25) is 0 Å². The van der Waals surface area contributed by atoms with E-state index in [0.717, 1.165) is 98.3 Å². The molecule has 12 rings (SSSR count). The van der Waals surface area contributed by atoms with Gasteiger partial charge in [-0.25, -0.2) is 18.4 Å². The van der Waals surface area contributed by atoms with Crippen LogP contribution in [0.25, 0.3) is 0 Å². The van der Waals surface area contributed by atoms with Crippen molar-refractivity contribution in [2.45, 2.75) is 62.8 Å². The Kier molecular flexibility index (Phi) is 12.7. The highest BCUT2D eigenvalue weighted by molar-refractivity contribution is 5.95. The number of ether oxygens (including phenoxy) is 2. The number of nitrogens with zero attached hydrogens (tertiary/aromatic N) is 4. The molecule has 4 aromatic carbocycles. The third-order valence-electron chi connectivity index (χ3n) is 14.3. The molecule has 2 N–H and O–H groups in total. The van der Waals surface area contributed by atoms with Gasteiger partial charge in [-0.05, 0) is 158 Å². The van der Waals surface area contributed by atoms with Crippen LogP contribution in [0.5, 0.6) is 0 Å². The van der Waals surface area contributed by atoms with Gasteiger partial charge in [0.05, 0.1) is 12.1 Å². The van der Waals surface area contributed by atoms with Crippen LogP contribution in [0.2, 0.25) is 0 Å². The molecule has 6 fully saturated rings. The van der Waals surface area contributed by atoms with Crippen molar-refractivity contribution in [3.05, 3.63) is 141 Å². The van der Waals surface area contributed by atoms with Crippen LogP contribution in [0.4, 0.5) is 18.4 Å². The van der Waals surface area contributed by atoms with Crippen molar-refractivity contribution in [1.29, 1.82) is 0 Å². The quantitative estimate of drug-likeness (QED) is 0.219. The Balaban J connectivity index is 0.000000162. The van der Waals surface area contributed by atoms with Crippen molar-refractivity contribution in [3.63, 3.8) is 0 Å². The number of amides is 4. The van der Waals surface area contributed by atoms with E-state index in [9.17, 15) is 28.0 Å². The minimum absolute atomic E-state index is 0.0732. The van der Waals surface area contributed by atoms with E-state index < -0.39 is 0 Å². The van der Waals surface area contributed by atoms with E-state index in [1.54, 1.807) is 60.3 Å². The highest BCUT2D eigenvalue weighted by Gasteiger charge is 2.42. The topological polar surface area (TPSA) is 124 Å². The van der Waals surface area contributed by atoms with Crippen molar-refractivity contribution in [2.75, 3.05) is 66.5 Å². The van der Waals surface area contributed by atoms with E-state index in [0.29, 0.717) is 48.9 Å². The molecule has 12 nitrogen and oxygen atoms in total. The van der Waals surface area contributed by atoms with Crippen molar-refractivity contribution >= 4 is 24.0 Å². The molecule has 8 aliphatic rings. The van der Waals surface area contributed by atoms with Gasteiger partial charge in [-0.15, -0.1) is 0 Å². The fraction of sp³-hybridized carbons (Fsp3) is 0.440. The number of hydrogen-bond donors (Lipinski definition) is 2. The standard InChI is InChI=1S/2C25H28FN3O3/c2*1-27-24(30)19-4-7-21-18(14-19)10-13-29(23(21)17-2-5-20(26)6-3-17)25(31)32-22-15-28-11-8-16(22)9-12-28/h2*2-7,14,16,22-23H,8-13,15H2,1H3,(H,27,30)/t22-,23+;22-,23-/m11/s1. The molecule has 4 amide bonds. The molecular formula is C50H56F2N6O6. The third-order valence-corrected chi connectivity index (χ3v) is 14.3. The number of carbonyl (C=O) groups is 4. The van der Waals surface area contributed by atoms with Gasteiger partial charge in [-0.3, -0.25) is 29.2 Å². The van der Waals surface area contributed by atoms with Crippen LogP contribution in [-0.4, -0.2) is 122 Å². The second-order valence-electron chi connectivity index (χ2n) is 17.9. The Hall–Kier alpha value is -5.86. The highest BCUT2D eigenvalue weighted by atomic mass is 19.1. The van der Waals surface area contributed by atoms with Crippen molar-refractivity contribution in [1.82, 2.24) is 30.2 Å². The molecule has 4 atom stereocenters. The largest absolute Gasteiger partial charge is 0.444 e. The molecular weight excluding hydrogens is 819 g/mol. The molecule has 8 aliphatic heterocycles. The van der Waals surface area contributed by atoms with Crippen molar-refractivity contribution < 1.29 is 37.4 Å². The Morgan fingerprint density at radius 1 is 0.531 bits per heavy atom. The molecule has 64 heavy (non-hydrogen) atoms. The number of halogens is 2. The van der Waals surface area contributed by atoms with E-state index in [1.807, 2.05) is 24.3 Å². The minimum atomic E-state index is -0.383. The van der Waals surface area contributed by atoms with Crippen LogP contribution in [0, 0.1) is 23.5 Å². The number of carbonyl (C=O) groups excluding carboxylic acids is 4. The summed E-state index contributed by atoms with van der Waals surface area (Å²) in [5, 5.41) is 5.31.